The molecule has 6 nitrogen and oxygen atoms in total. The van der Waals surface area contributed by atoms with Gasteiger partial charge in [0.15, 0.2) is 0 Å². The summed E-state index contributed by atoms with van der Waals surface area (Å²) in [5.74, 6) is 1.12. The standard InChI is InChI=1S/C22H33N3O3/c1-4-13-28-21-8-6-5-7-19(21)15-25-16-20(23-17(2)26)14-22(25)9-11-24(12-10-22)18(3)27/h5-8,20H,4,9-16H2,1-3H3,(H,23,26)/t20-/m0/s1. The molecule has 6 heteroatoms. The Kier molecular flexibility index (Phi) is 6.60. The van der Waals surface area contributed by atoms with Gasteiger partial charge in [-0.15, -0.1) is 0 Å². The van der Waals surface area contributed by atoms with Crippen LogP contribution in [0.2, 0.25) is 0 Å². The molecule has 0 saturated carbocycles. The average molecular weight is 388 g/mol. The SMILES string of the molecule is CCCOc1ccccc1CN1C[C@@H](NC(C)=O)CC12CCN(C(C)=O)CC2. The monoisotopic (exact) mass is 387 g/mol. The first kappa shape index (κ1) is 20.6. The highest BCUT2D eigenvalue weighted by molar-refractivity contribution is 5.73. The number of carbonyl (C=O) groups is 2. The van der Waals surface area contributed by atoms with Crippen LogP contribution in [0.3, 0.4) is 0 Å². The summed E-state index contributed by atoms with van der Waals surface area (Å²) in [6.45, 7) is 9.26. The number of ether oxygens (including phenoxy) is 1. The van der Waals surface area contributed by atoms with Gasteiger partial charge in [0, 0.05) is 57.2 Å². The molecule has 2 amide bonds. The second-order valence-electron chi connectivity index (χ2n) is 8.17. The second-order valence-corrected chi connectivity index (χ2v) is 8.17. The number of carbonyl (C=O) groups excluding carboxylic acids is 2. The van der Waals surface area contributed by atoms with E-state index in [0.717, 1.165) is 57.6 Å². The highest BCUT2D eigenvalue weighted by Crippen LogP contribution is 2.40. The maximum Gasteiger partial charge on any atom is 0.219 e. The number of likely N-dealkylation sites (tertiary alicyclic amines) is 2. The highest BCUT2D eigenvalue weighted by Gasteiger charge is 2.47. The van der Waals surface area contributed by atoms with Gasteiger partial charge in [-0.2, -0.15) is 0 Å². The molecular weight excluding hydrogens is 354 g/mol. The predicted molar refractivity (Wildman–Crippen MR) is 109 cm³/mol. The Morgan fingerprint density at radius 1 is 1.21 bits per heavy atom. The Hall–Kier alpha value is -2.08. The summed E-state index contributed by atoms with van der Waals surface area (Å²) in [5, 5.41) is 3.12. The van der Waals surface area contributed by atoms with Crippen molar-refractivity contribution in [1.82, 2.24) is 15.1 Å². The van der Waals surface area contributed by atoms with Gasteiger partial charge in [-0.25, -0.2) is 0 Å². The molecule has 154 valence electrons. The van der Waals surface area contributed by atoms with Crippen LogP contribution in [-0.2, 0) is 16.1 Å². The van der Waals surface area contributed by atoms with E-state index in [9.17, 15) is 9.59 Å². The number of nitrogens with zero attached hydrogens (tertiary/aromatic N) is 2. The Labute approximate surface area is 168 Å². The molecule has 1 spiro atoms. The minimum absolute atomic E-state index is 0.0230. The zero-order valence-electron chi connectivity index (χ0n) is 17.4. The quantitative estimate of drug-likeness (QED) is 0.815. The third kappa shape index (κ3) is 4.66. The summed E-state index contributed by atoms with van der Waals surface area (Å²) in [6.07, 6.45) is 3.81. The second kappa shape index (κ2) is 8.95. The minimum atomic E-state index is 0.0230. The van der Waals surface area contributed by atoms with Crippen LogP contribution in [0.15, 0.2) is 24.3 Å². The van der Waals surface area contributed by atoms with E-state index in [1.807, 2.05) is 17.0 Å². The Bertz CT molecular complexity index is 698. The number of benzene rings is 1. The first-order chi connectivity index (χ1) is 13.4. The highest BCUT2D eigenvalue weighted by atomic mass is 16.5. The van der Waals surface area contributed by atoms with Gasteiger partial charge in [-0.3, -0.25) is 14.5 Å². The fourth-order valence-corrected chi connectivity index (χ4v) is 4.68. The van der Waals surface area contributed by atoms with Gasteiger partial charge in [0.1, 0.15) is 5.75 Å². The smallest absolute Gasteiger partial charge is 0.219 e. The molecule has 0 aliphatic carbocycles. The van der Waals surface area contributed by atoms with Crippen molar-refractivity contribution in [3.05, 3.63) is 29.8 Å². The molecule has 1 atom stereocenters. The largest absolute Gasteiger partial charge is 0.493 e. The van der Waals surface area contributed by atoms with E-state index >= 15 is 0 Å². The van der Waals surface area contributed by atoms with E-state index in [2.05, 4.69) is 29.3 Å². The first-order valence-electron chi connectivity index (χ1n) is 10.4. The van der Waals surface area contributed by atoms with Crippen LogP contribution in [0.4, 0.5) is 0 Å². The van der Waals surface area contributed by atoms with Crippen molar-refractivity contribution in [2.45, 2.75) is 64.6 Å². The van der Waals surface area contributed by atoms with Crippen molar-refractivity contribution >= 4 is 11.8 Å². The lowest BCUT2D eigenvalue weighted by Crippen LogP contribution is -2.52. The van der Waals surface area contributed by atoms with Crippen molar-refractivity contribution in [3.8, 4) is 5.75 Å². The van der Waals surface area contributed by atoms with Gasteiger partial charge in [-0.05, 0) is 31.7 Å². The molecule has 2 fully saturated rings. The van der Waals surface area contributed by atoms with Gasteiger partial charge in [0.05, 0.1) is 6.61 Å². The molecule has 28 heavy (non-hydrogen) atoms. The van der Waals surface area contributed by atoms with Crippen molar-refractivity contribution in [1.29, 1.82) is 0 Å². The number of hydrogen-bond donors (Lipinski definition) is 1. The van der Waals surface area contributed by atoms with Gasteiger partial charge in [-0.1, -0.05) is 25.1 Å². The normalized spacial score (nSPS) is 21.7. The molecule has 1 aromatic carbocycles. The maximum absolute atomic E-state index is 11.8. The van der Waals surface area contributed by atoms with Crippen LogP contribution in [0, 0.1) is 0 Å². The molecule has 0 aromatic heterocycles. The number of amides is 2. The number of piperidine rings is 1. The lowest BCUT2D eigenvalue weighted by Gasteiger charge is -2.45. The van der Waals surface area contributed by atoms with Crippen LogP contribution >= 0.6 is 0 Å². The van der Waals surface area contributed by atoms with Gasteiger partial charge in [0.25, 0.3) is 0 Å². The molecule has 1 N–H and O–H groups in total. The van der Waals surface area contributed by atoms with Crippen LogP contribution in [0.5, 0.6) is 5.75 Å². The zero-order valence-corrected chi connectivity index (χ0v) is 17.4. The molecule has 0 unspecified atom stereocenters. The summed E-state index contributed by atoms with van der Waals surface area (Å²) in [6, 6.07) is 8.40. The van der Waals surface area contributed by atoms with E-state index in [1.54, 1.807) is 13.8 Å². The summed E-state index contributed by atoms with van der Waals surface area (Å²) in [5.41, 5.74) is 1.21. The third-order valence-electron chi connectivity index (χ3n) is 6.08. The number of rotatable bonds is 6. The van der Waals surface area contributed by atoms with Gasteiger partial charge < -0.3 is 15.0 Å². The third-order valence-corrected chi connectivity index (χ3v) is 6.08. The number of nitrogens with one attached hydrogen (secondary N) is 1. The fourth-order valence-electron chi connectivity index (χ4n) is 4.68. The molecule has 2 aliphatic heterocycles. The van der Waals surface area contributed by atoms with Crippen LogP contribution in [-0.4, -0.2) is 59.4 Å². The topological polar surface area (TPSA) is 61.9 Å². The molecule has 2 aliphatic rings. The predicted octanol–water partition coefficient (Wildman–Crippen LogP) is 2.57. The Morgan fingerprint density at radius 3 is 2.57 bits per heavy atom. The van der Waals surface area contributed by atoms with Gasteiger partial charge in [0.2, 0.25) is 11.8 Å². The van der Waals surface area contributed by atoms with Crippen LogP contribution in [0.1, 0.15) is 52.0 Å². The minimum Gasteiger partial charge on any atom is -0.493 e. The van der Waals surface area contributed by atoms with E-state index in [0.29, 0.717) is 6.61 Å². The van der Waals surface area contributed by atoms with Crippen LogP contribution in [0.25, 0.3) is 0 Å². The molecule has 2 heterocycles. The van der Waals surface area contributed by atoms with E-state index in [-0.39, 0.29) is 23.4 Å². The molecule has 2 saturated heterocycles. The van der Waals surface area contributed by atoms with E-state index in [1.165, 1.54) is 5.56 Å². The number of para-hydroxylation sites is 1. The lowest BCUT2D eigenvalue weighted by molar-refractivity contribution is -0.131. The van der Waals surface area contributed by atoms with Gasteiger partial charge >= 0.3 is 0 Å². The number of hydrogen-bond acceptors (Lipinski definition) is 4. The van der Waals surface area contributed by atoms with E-state index in [4.69, 9.17) is 4.74 Å². The lowest BCUT2D eigenvalue weighted by atomic mass is 9.83. The summed E-state index contributed by atoms with van der Waals surface area (Å²) >= 11 is 0. The van der Waals surface area contributed by atoms with Crippen molar-refractivity contribution in [2.24, 2.45) is 0 Å². The van der Waals surface area contributed by atoms with Crippen LogP contribution < -0.4 is 10.1 Å². The van der Waals surface area contributed by atoms with Crippen molar-refractivity contribution in [3.63, 3.8) is 0 Å². The average Bonchev–Trinajstić information content (AvgIpc) is 2.97. The maximum atomic E-state index is 11.8. The Balaban J connectivity index is 1.79. The molecule has 3 rings (SSSR count). The molecule has 0 bridgehead atoms. The zero-order chi connectivity index (χ0) is 20.1. The summed E-state index contributed by atoms with van der Waals surface area (Å²) < 4.78 is 5.96. The molecule has 0 radical (unpaired) electrons. The fraction of sp³-hybridized carbons (Fsp3) is 0.636. The molecular formula is C22H33N3O3. The first-order valence-corrected chi connectivity index (χ1v) is 10.4. The molecule has 1 aromatic rings. The Morgan fingerprint density at radius 2 is 1.93 bits per heavy atom. The van der Waals surface area contributed by atoms with E-state index < -0.39 is 0 Å². The summed E-state index contributed by atoms with van der Waals surface area (Å²) in [7, 11) is 0. The van der Waals surface area contributed by atoms with Crippen molar-refractivity contribution in [2.75, 3.05) is 26.2 Å². The van der Waals surface area contributed by atoms with Crippen molar-refractivity contribution < 1.29 is 14.3 Å². The summed E-state index contributed by atoms with van der Waals surface area (Å²) in [4.78, 5) is 27.9.